The van der Waals surface area contributed by atoms with E-state index in [0.29, 0.717) is 12.2 Å². The van der Waals surface area contributed by atoms with Crippen LogP contribution in [0.5, 0.6) is 0 Å². The number of nitrogens with two attached hydrogens (primary N) is 1. The van der Waals surface area contributed by atoms with Crippen LogP contribution in [-0.2, 0) is 12.8 Å². The summed E-state index contributed by atoms with van der Waals surface area (Å²) in [5, 5.41) is 0. The highest BCUT2D eigenvalue weighted by atomic mass is 16.1. The molecule has 0 atom stereocenters. The van der Waals surface area contributed by atoms with E-state index in [1.54, 1.807) is 6.20 Å². The lowest BCUT2D eigenvalue weighted by atomic mass is 10.0. The molecule has 1 aromatic carbocycles. The molecule has 0 radical (unpaired) electrons. The second-order valence-electron chi connectivity index (χ2n) is 5.10. The summed E-state index contributed by atoms with van der Waals surface area (Å²) in [4.78, 5) is 19.1. The molecule has 3 N–H and O–H groups in total. The molecule has 1 aliphatic rings. The van der Waals surface area contributed by atoms with Crippen LogP contribution in [0.25, 0.3) is 16.9 Å². The zero-order valence-electron chi connectivity index (χ0n) is 10.9. The third-order valence-corrected chi connectivity index (χ3v) is 3.89. The molecular weight excluding hydrogens is 252 g/mol. The Balaban J connectivity index is 1.96. The number of aromatic amines is 1. The van der Waals surface area contributed by atoms with Crippen LogP contribution >= 0.6 is 0 Å². The van der Waals surface area contributed by atoms with Crippen LogP contribution < -0.4 is 11.3 Å². The zero-order valence-corrected chi connectivity index (χ0v) is 10.9. The minimum atomic E-state index is -0.146. The average Bonchev–Trinajstić information content (AvgIpc) is 3.03. The fourth-order valence-electron chi connectivity index (χ4n) is 2.99. The standard InChI is InChI=1S/C15H14N4O/c16-4-3-9-1-2-11-10(7-9)8-12-13(11)18-15(20)14-17-5-6-19(12)14/h1-2,5-7H,3-4,8,16H2,(H,18,20). The molecule has 0 bridgehead atoms. The van der Waals surface area contributed by atoms with Gasteiger partial charge in [0.25, 0.3) is 5.56 Å². The first-order valence-corrected chi connectivity index (χ1v) is 6.68. The van der Waals surface area contributed by atoms with Gasteiger partial charge in [-0.3, -0.25) is 9.20 Å². The number of hydrogen-bond acceptors (Lipinski definition) is 3. The monoisotopic (exact) mass is 266 g/mol. The largest absolute Gasteiger partial charge is 0.330 e. The molecule has 0 fully saturated rings. The van der Waals surface area contributed by atoms with Crippen LogP contribution in [0.1, 0.15) is 16.8 Å². The summed E-state index contributed by atoms with van der Waals surface area (Å²) >= 11 is 0. The smallest absolute Gasteiger partial charge is 0.292 e. The summed E-state index contributed by atoms with van der Waals surface area (Å²) in [7, 11) is 0. The third-order valence-electron chi connectivity index (χ3n) is 3.89. The Morgan fingerprint density at radius 2 is 2.30 bits per heavy atom. The van der Waals surface area contributed by atoms with Gasteiger partial charge in [0.05, 0.1) is 11.4 Å². The Bertz CT molecular complexity index is 875. The SMILES string of the molecule is NCCc1ccc2c(c1)Cc1c-2[nH]c(=O)c2nccn12. The number of imidazole rings is 1. The molecule has 2 heterocycles. The van der Waals surface area contributed by atoms with E-state index in [1.165, 1.54) is 11.1 Å². The summed E-state index contributed by atoms with van der Waals surface area (Å²) in [5.41, 5.74) is 11.5. The zero-order chi connectivity index (χ0) is 13.7. The van der Waals surface area contributed by atoms with Crippen molar-refractivity contribution in [3.05, 3.63) is 57.8 Å². The molecule has 5 heteroatoms. The van der Waals surface area contributed by atoms with Crippen molar-refractivity contribution in [2.24, 2.45) is 5.73 Å². The van der Waals surface area contributed by atoms with Crippen molar-refractivity contribution in [2.75, 3.05) is 6.54 Å². The first-order chi connectivity index (χ1) is 9.78. The molecule has 2 aromatic heterocycles. The van der Waals surface area contributed by atoms with Gasteiger partial charge in [-0.05, 0) is 24.1 Å². The minimum Gasteiger partial charge on any atom is -0.330 e. The number of nitrogens with one attached hydrogen (secondary N) is 1. The first-order valence-electron chi connectivity index (χ1n) is 6.68. The number of nitrogens with zero attached hydrogens (tertiary/aromatic N) is 2. The van der Waals surface area contributed by atoms with Gasteiger partial charge in [0.1, 0.15) is 0 Å². The summed E-state index contributed by atoms with van der Waals surface area (Å²) in [5.74, 6) is 0. The van der Waals surface area contributed by atoms with Crippen molar-refractivity contribution in [1.82, 2.24) is 14.4 Å². The molecule has 100 valence electrons. The highest BCUT2D eigenvalue weighted by Crippen LogP contribution is 2.34. The van der Waals surface area contributed by atoms with Gasteiger partial charge in [-0.2, -0.15) is 0 Å². The Morgan fingerprint density at radius 1 is 1.40 bits per heavy atom. The molecule has 4 rings (SSSR count). The lowest BCUT2D eigenvalue weighted by Gasteiger charge is -2.04. The summed E-state index contributed by atoms with van der Waals surface area (Å²) in [6.45, 7) is 0.647. The van der Waals surface area contributed by atoms with Crippen molar-refractivity contribution >= 4 is 5.65 Å². The summed E-state index contributed by atoms with van der Waals surface area (Å²) < 4.78 is 1.89. The molecule has 1 aliphatic carbocycles. The van der Waals surface area contributed by atoms with Gasteiger partial charge in [0.2, 0.25) is 5.65 Å². The van der Waals surface area contributed by atoms with Crippen LogP contribution in [0.2, 0.25) is 0 Å². The Kier molecular flexibility index (Phi) is 2.31. The van der Waals surface area contributed by atoms with E-state index in [9.17, 15) is 4.79 Å². The number of H-pyrrole nitrogens is 1. The van der Waals surface area contributed by atoms with E-state index in [4.69, 9.17) is 5.73 Å². The van der Waals surface area contributed by atoms with Crippen LogP contribution in [0.15, 0.2) is 35.4 Å². The van der Waals surface area contributed by atoms with E-state index in [2.05, 4.69) is 28.2 Å². The summed E-state index contributed by atoms with van der Waals surface area (Å²) in [6.07, 6.45) is 5.19. The van der Waals surface area contributed by atoms with E-state index in [0.717, 1.165) is 29.8 Å². The van der Waals surface area contributed by atoms with Gasteiger partial charge in [-0.15, -0.1) is 0 Å². The van der Waals surface area contributed by atoms with Crippen molar-refractivity contribution in [3.63, 3.8) is 0 Å². The second kappa shape index (κ2) is 4.05. The third kappa shape index (κ3) is 1.47. The predicted molar refractivity (Wildman–Crippen MR) is 76.8 cm³/mol. The van der Waals surface area contributed by atoms with Crippen LogP contribution in [0.4, 0.5) is 0 Å². The number of fused-ring (bicyclic) bond motifs is 5. The minimum absolute atomic E-state index is 0.146. The maximum absolute atomic E-state index is 12.0. The number of aromatic nitrogens is 3. The van der Waals surface area contributed by atoms with Crippen molar-refractivity contribution in [1.29, 1.82) is 0 Å². The number of benzene rings is 1. The molecule has 5 nitrogen and oxygen atoms in total. The van der Waals surface area contributed by atoms with E-state index in [-0.39, 0.29) is 5.56 Å². The summed E-state index contributed by atoms with van der Waals surface area (Å²) in [6, 6.07) is 6.34. The normalized spacial score (nSPS) is 12.7. The van der Waals surface area contributed by atoms with E-state index < -0.39 is 0 Å². The highest BCUT2D eigenvalue weighted by molar-refractivity contribution is 5.73. The van der Waals surface area contributed by atoms with Gasteiger partial charge in [-0.1, -0.05) is 18.2 Å². The molecule has 0 saturated heterocycles. The fraction of sp³-hybridized carbons (Fsp3) is 0.200. The van der Waals surface area contributed by atoms with Gasteiger partial charge < -0.3 is 10.7 Å². The first kappa shape index (κ1) is 11.4. The van der Waals surface area contributed by atoms with Gasteiger partial charge in [-0.25, -0.2) is 4.98 Å². The maximum atomic E-state index is 12.0. The van der Waals surface area contributed by atoms with Crippen molar-refractivity contribution in [3.8, 4) is 11.3 Å². The second-order valence-corrected chi connectivity index (χ2v) is 5.10. The molecule has 0 aliphatic heterocycles. The molecule has 20 heavy (non-hydrogen) atoms. The lowest BCUT2D eigenvalue weighted by Crippen LogP contribution is -2.13. The maximum Gasteiger partial charge on any atom is 0.292 e. The van der Waals surface area contributed by atoms with E-state index >= 15 is 0 Å². The molecule has 0 amide bonds. The van der Waals surface area contributed by atoms with Crippen molar-refractivity contribution < 1.29 is 0 Å². The van der Waals surface area contributed by atoms with Gasteiger partial charge in [0.15, 0.2) is 0 Å². The van der Waals surface area contributed by atoms with Crippen LogP contribution in [0.3, 0.4) is 0 Å². The molecule has 0 saturated carbocycles. The number of rotatable bonds is 2. The molecule has 0 spiro atoms. The molecular formula is C15H14N4O. The number of hydrogen-bond donors (Lipinski definition) is 2. The van der Waals surface area contributed by atoms with Crippen molar-refractivity contribution in [2.45, 2.75) is 12.8 Å². The fourth-order valence-corrected chi connectivity index (χ4v) is 2.99. The molecule has 0 unspecified atom stereocenters. The quantitative estimate of drug-likeness (QED) is 0.570. The predicted octanol–water partition coefficient (Wildman–Crippen LogP) is 1.09. The Labute approximate surface area is 115 Å². The van der Waals surface area contributed by atoms with Gasteiger partial charge >= 0.3 is 0 Å². The highest BCUT2D eigenvalue weighted by Gasteiger charge is 2.23. The van der Waals surface area contributed by atoms with Crippen LogP contribution in [0, 0.1) is 0 Å². The lowest BCUT2D eigenvalue weighted by molar-refractivity contribution is 0.963. The topological polar surface area (TPSA) is 76.2 Å². The molecule has 3 aromatic rings. The Morgan fingerprint density at radius 3 is 3.15 bits per heavy atom. The Hall–Kier alpha value is -2.40. The average molecular weight is 266 g/mol. The van der Waals surface area contributed by atoms with E-state index in [1.807, 2.05) is 10.6 Å². The van der Waals surface area contributed by atoms with Crippen LogP contribution in [-0.4, -0.2) is 20.9 Å². The van der Waals surface area contributed by atoms with Gasteiger partial charge in [0, 0.05) is 24.4 Å².